The minimum absolute atomic E-state index is 0.204. The molecule has 3 aliphatic carbocycles. The lowest BCUT2D eigenvalue weighted by atomic mass is 10.0. The molecule has 35 heavy (non-hydrogen) atoms. The lowest BCUT2D eigenvalue weighted by molar-refractivity contribution is 0.323. The first-order valence-corrected chi connectivity index (χ1v) is 14.3. The van der Waals surface area contributed by atoms with Gasteiger partial charge in [0.25, 0.3) is 0 Å². The molecule has 0 saturated heterocycles. The van der Waals surface area contributed by atoms with Gasteiger partial charge < -0.3 is 10.6 Å². The second kappa shape index (κ2) is 11.1. The molecule has 0 aliphatic heterocycles. The van der Waals surface area contributed by atoms with Gasteiger partial charge in [-0.3, -0.25) is 10.6 Å². The monoisotopic (exact) mass is 474 g/mol. The second-order valence-electron chi connectivity index (χ2n) is 11.4. The molecule has 4 atom stereocenters. The van der Waals surface area contributed by atoms with Gasteiger partial charge in [0.05, 0.1) is 12.3 Å². The quantitative estimate of drug-likeness (QED) is 0.239. The lowest BCUT2D eigenvalue weighted by Crippen LogP contribution is -2.49. The fourth-order valence-corrected chi connectivity index (χ4v) is 5.89. The zero-order valence-electron chi connectivity index (χ0n) is 21.9. The summed E-state index contributed by atoms with van der Waals surface area (Å²) in [5.41, 5.74) is 3.31. The maximum Gasteiger partial charge on any atom is 0.0578 e. The summed E-state index contributed by atoms with van der Waals surface area (Å²) in [6.07, 6.45) is 12.0. The summed E-state index contributed by atoms with van der Waals surface area (Å²) in [6, 6.07) is 22.1. The van der Waals surface area contributed by atoms with Crippen molar-refractivity contribution < 1.29 is 0 Å². The predicted molar refractivity (Wildman–Crippen MR) is 146 cm³/mol. The average molecular weight is 475 g/mol. The molecule has 4 nitrogen and oxygen atoms in total. The van der Waals surface area contributed by atoms with Gasteiger partial charge in [0.2, 0.25) is 0 Å². The van der Waals surface area contributed by atoms with Crippen molar-refractivity contribution in [2.45, 2.75) is 95.0 Å². The van der Waals surface area contributed by atoms with Gasteiger partial charge in [-0.25, -0.2) is 0 Å². The summed E-state index contributed by atoms with van der Waals surface area (Å²) in [6.45, 7) is 6.86. The Morgan fingerprint density at radius 2 is 1.06 bits per heavy atom. The van der Waals surface area contributed by atoms with Crippen molar-refractivity contribution in [2.75, 3.05) is 13.1 Å². The van der Waals surface area contributed by atoms with E-state index in [4.69, 9.17) is 0 Å². The molecular weight excluding hydrogens is 428 g/mol. The largest absolute Gasteiger partial charge is 0.302 e. The molecule has 2 aromatic carbocycles. The van der Waals surface area contributed by atoms with Gasteiger partial charge in [-0.05, 0) is 81.0 Å². The van der Waals surface area contributed by atoms with Crippen molar-refractivity contribution in [1.82, 2.24) is 21.3 Å². The molecule has 4 heteroatoms. The van der Waals surface area contributed by atoms with Crippen LogP contribution in [0.25, 0.3) is 0 Å². The molecule has 0 heterocycles. The van der Waals surface area contributed by atoms with Crippen molar-refractivity contribution in [3.63, 3.8) is 0 Å². The minimum atomic E-state index is 0.204. The van der Waals surface area contributed by atoms with Crippen LogP contribution in [0.1, 0.15) is 82.8 Å². The van der Waals surface area contributed by atoms with E-state index in [1.165, 1.54) is 68.9 Å². The van der Waals surface area contributed by atoms with Crippen molar-refractivity contribution in [1.29, 1.82) is 0 Å². The summed E-state index contributed by atoms with van der Waals surface area (Å²) < 4.78 is 0. The third-order valence-electron chi connectivity index (χ3n) is 8.53. The lowest BCUT2D eigenvalue weighted by Gasteiger charge is -2.28. The fourth-order valence-electron chi connectivity index (χ4n) is 5.89. The second-order valence-corrected chi connectivity index (χ2v) is 11.4. The minimum Gasteiger partial charge on any atom is -0.302 e. The number of benzene rings is 2. The molecule has 4 N–H and O–H groups in total. The molecule has 3 saturated carbocycles. The smallest absolute Gasteiger partial charge is 0.0578 e. The van der Waals surface area contributed by atoms with E-state index in [0.717, 1.165) is 24.9 Å². The zero-order valence-corrected chi connectivity index (χ0v) is 21.9. The molecule has 0 aromatic heterocycles. The summed E-state index contributed by atoms with van der Waals surface area (Å²) in [7, 11) is 0. The predicted octanol–water partition coefficient (Wildman–Crippen LogP) is 5.61. The SMILES string of the molecule is CCCC(NCC1CC1CNC(CCC)NC1(c2ccccc2)CC1)NC1(c2ccccc2)CC1. The van der Waals surface area contributed by atoms with E-state index in [-0.39, 0.29) is 11.1 Å². The Morgan fingerprint density at radius 3 is 1.40 bits per heavy atom. The molecule has 5 rings (SSSR count). The molecule has 0 spiro atoms. The van der Waals surface area contributed by atoms with Gasteiger partial charge in [0.15, 0.2) is 0 Å². The summed E-state index contributed by atoms with van der Waals surface area (Å²) in [4.78, 5) is 0. The Kier molecular flexibility index (Phi) is 7.93. The standard InChI is InChI=1S/C31H46N4/c1-3-11-28(34-30(17-18-30)26-13-7-5-8-14-26)32-22-24-21-25(24)23-33-29(12-4-2)35-31(19-20-31)27-15-9-6-10-16-27/h5-10,13-16,24-25,28-29,32-35H,3-4,11-12,17-23H2,1-2H3. The first-order valence-electron chi connectivity index (χ1n) is 14.3. The normalized spacial score (nSPS) is 25.1. The maximum absolute atomic E-state index is 4.00. The van der Waals surface area contributed by atoms with Crippen molar-refractivity contribution in [3.05, 3.63) is 71.8 Å². The van der Waals surface area contributed by atoms with Crippen LogP contribution < -0.4 is 21.3 Å². The first-order chi connectivity index (χ1) is 17.2. The number of hydrogen-bond acceptors (Lipinski definition) is 4. The summed E-state index contributed by atoms with van der Waals surface area (Å²) in [5.74, 6) is 1.61. The van der Waals surface area contributed by atoms with E-state index in [2.05, 4.69) is 95.8 Å². The van der Waals surface area contributed by atoms with E-state index in [1.807, 2.05) is 0 Å². The van der Waals surface area contributed by atoms with Crippen LogP contribution >= 0.6 is 0 Å². The Labute approximate surface area is 213 Å². The van der Waals surface area contributed by atoms with Crippen molar-refractivity contribution in [3.8, 4) is 0 Å². The fraction of sp³-hybridized carbons (Fsp3) is 0.613. The topological polar surface area (TPSA) is 48.1 Å². The highest BCUT2D eigenvalue weighted by Crippen LogP contribution is 2.47. The van der Waals surface area contributed by atoms with Gasteiger partial charge >= 0.3 is 0 Å². The van der Waals surface area contributed by atoms with Gasteiger partial charge in [0, 0.05) is 11.1 Å². The van der Waals surface area contributed by atoms with E-state index in [9.17, 15) is 0 Å². The molecule has 4 unspecified atom stereocenters. The van der Waals surface area contributed by atoms with Crippen LogP contribution in [0.3, 0.4) is 0 Å². The van der Waals surface area contributed by atoms with Gasteiger partial charge in [0.1, 0.15) is 0 Å². The highest BCUT2D eigenvalue weighted by Gasteiger charge is 2.47. The Hall–Kier alpha value is -1.72. The highest BCUT2D eigenvalue weighted by atomic mass is 15.2. The Bertz CT molecular complexity index is 831. The van der Waals surface area contributed by atoms with Gasteiger partial charge in [-0.2, -0.15) is 0 Å². The molecule has 0 bridgehead atoms. The zero-order chi connectivity index (χ0) is 24.1. The highest BCUT2D eigenvalue weighted by molar-refractivity contribution is 5.31. The van der Waals surface area contributed by atoms with Crippen molar-refractivity contribution >= 4 is 0 Å². The molecule has 0 amide bonds. The van der Waals surface area contributed by atoms with Gasteiger partial charge in [-0.15, -0.1) is 0 Å². The third kappa shape index (κ3) is 6.35. The molecule has 190 valence electrons. The van der Waals surface area contributed by atoms with Crippen LogP contribution in [0.15, 0.2) is 60.7 Å². The van der Waals surface area contributed by atoms with E-state index >= 15 is 0 Å². The Morgan fingerprint density at radius 1 is 0.657 bits per heavy atom. The van der Waals surface area contributed by atoms with Crippen LogP contribution in [-0.2, 0) is 11.1 Å². The maximum atomic E-state index is 4.00. The van der Waals surface area contributed by atoms with Crippen LogP contribution in [-0.4, -0.2) is 25.4 Å². The first kappa shape index (κ1) is 25.0. The molecule has 3 fully saturated rings. The molecule has 3 aliphatic rings. The summed E-state index contributed by atoms with van der Waals surface area (Å²) >= 11 is 0. The molecule has 0 radical (unpaired) electrons. The van der Waals surface area contributed by atoms with Crippen LogP contribution in [0.2, 0.25) is 0 Å². The number of nitrogens with one attached hydrogen (secondary N) is 4. The third-order valence-corrected chi connectivity index (χ3v) is 8.53. The van der Waals surface area contributed by atoms with Gasteiger partial charge in [-0.1, -0.05) is 87.4 Å². The van der Waals surface area contributed by atoms with E-state index < -0.39 is 0 Å². The molecule has 2 aromatic rings. The number of rotatable bonds is 16. The van der Waals surface area contributed by atoms with Crippen LogP contribution in [0.5, 0.6) is 0 Å². The molecular formula is C31H46N4. The summed E-state index contributed by atoms with van der Waals surface area (Å²) in [5, 5.41) is 15.8. The van der Waals surface area contributed by atoms with E-state index in [0.29, 0.717) is 12.3 Å². The van der Waals surface area contributed by atoms with E-state index in [1.54, 1.807) is 0 Å². The number of hydrogen-bond donors (Lipinski definition) is 4. The van der Waals surface area contributed by atoms with Crippen LogP contribution in [0.4, 0.5) is 0 Å². The average Bonchev–Trinajstić information content (AvgIpc) is 3.78. The van der Waals surface area contributed by atoms with Crippen LogP contribution in [0, 0.1) is 11.8 Å². The Balaban J connectivity index is 1.07. The van der Waals surface area contributed by atoms with Crippen molar-refractivity contribution in [2.24, 2.45) is 11.8 Å².